The summed E-state index contributed by atoms with van der Waals surface area (Å²) in [5.41, 5.74) is 4.26. The van der Waals surface area contributed by atoms with Crippen LogP contribution in [-0.2, 0) is 0 Å². The second-order valence-corrected chi connectivity index (χ2v) is 6.67. The molecule has 0 unspecified atom stereocenters. The summed E-state index contributed by atoms with van der Waals surface area (Å²) in [6.45, 7) is 6.67. The van der Waals surface area contributed by atoms with Gasteiger partial charge in [0.15, 0.2) is 0 Å². The fourth-order valence-electron chi connectivity index (χ4n) is 2.92. The summed E-state index contributed by atoms with van der Waals surface area (Å²) in [5, 5.41) is 4.86. The van der Waals surface area contributed by atoms with Crippen LogP contribution >= 0.6 is 11.6 Å². The Bertz CT molecular complexity index is 539. The van der Waals surface area contributed by atoms with Gasteiger partial charge in [0.25, 0.3) is 5.91 Å². The SMILES string of the molecule is CC(C)[C@H]1CC[C@H](C)C/C1=N/NC(=O)c1ccccc1Cl. The largest absolute Gasteiger partial charge is 0.272 e. The minimum absolute atomic E-state index is 0.242. The highest BCUT2D eigenvalue weighted by atomic mass is 35.5. The van der Waals surface area contributed by atoms with Crippen molar-refractivity contribution in [2.75, 3.05) is 0 Å². The average molecular weight is 307 g/mol. The van der Waals surface area contributed by atoms with Gasteiger partial charge in [0.05, 0.1) is 10.6 Å². The molecule has 21 heavy (non-hydrogen) atoms. The van der Waals surface area contributed by atoms with Gasteiger partial charge < -0.3 is 0 Å². The molecule has 0 bridgehead atoms. The van der Waals surface area contributed by atoms with E-state index in [2.05, 4.69) is 31.3 Å². The van der Waals surface area contributed by atoms with Crippen molar-refractivity contribution in [2.24, 2.45) is 22.9 Å². The lowest BCUT2D eigenvalue weighted by Crippen LogP contribution is -2.31. The molecular formula is C17H23ClN2O. The van der Waals surface area contributed by atoms with E-state index >= 15 is 0 Å². The van der Waals surface area contributed by atoms with Crippen molar-refractivity contribution in [3.8, 4) is 0 Å². The van der Waals surface area contributed by atoms with Gasteiger partial charge in [-0.15, -0.1) is 0 Å². The Hall–Kier alpha value is -1.35. The standard InChI is InChI=1S/C17H23ClN2O/c1-11(2)13-9-8-12(3)10-16(13)19-20-17(21)14-6-4-5-7-15(14)18/h4-7,11-13H,8-10H2,1-3H3,(H,20,21)/b19-16-/t12-,13+/m0/s1. The van der Waals surface area contributed by atoms with Crippen molar-refractivity contribution in [1.82, 2.24) is 5.43 Å². The number of hydrogen-bond acceptors (Lipinski definition) is 2. The van der Waals surface area contributed by atoms with Crippen molar-refractivity contribution in [2.45, 2.75) is 40.0 Å². The molecule has 1 N–H and O–H groups in total. The third kappa shape index (κ3) is 4.07. The van der Waals surface area contributed by atoms with Crippen LogP contribution in [0.4, 0.5) is 0 Å². The lowest BCUT2D eigenvalue weighted by atomic mass is 9.76. The van der Waals surface area contributed by atoms with Crippen molar-refractivity contribution in [3.05, 3.63) is 34.9 Å². The Morgan fingerprint density at radius 1 is 1.33 bits per heavy atom. The van der Waals surface area contributed by atoms with Crippen LogP contribution in [0.15, 0.2) is 29.4 Å². The molecule has 2 rings (SSSR count). The minimum Gasteiger partial charge on any atom is -0.267 e. The number of benzene rings is 1. The Kier molecular flexibility index (Phi) is 5.40. The molecule has 0 heterocycles. The number of halogens is 1. The average Bonchev–Trinajstić information content (AvgIpc) is 2.45. The molecule has 1 aliphatic carbocycles. The quantitative estimate of drug-likeness (QED) is 0.820. The molecule has 114 valence electrons. The maximum Gasteiger partial charge on any atom is 0.272 e. The van der Waals surface area contributed by atoms with Crippen LogP contribution in [0.25, 0.3) is 0 Å². The highest BCUT2D eigenvalue weighted by Crippen LogP contribution is 2.31. The van der Waals surface area contributed by atoms with Crippen LogP contribution in [0.1, 0.15) is 50.4 Å². The van der Waals surface area contributed by atoms with Crippen molar-refractivity contribution in [1.29, 1.82) is 0 Å². The second kappa shape index (κ2) is 7.08. The molecule has 1 aromatic carbocycles. The zero-order chi connectivity index (χ0) is 15.4. The maximum absolute atomic E-state index is 12.2. The smallest absolute Gasteiger partial charge is 0.267 e. The first-order valence-corrected chi connectivity index (χ1v) is 7.98. The summed E-state index contributed by atoms with van der Waals surface area (Å²) in [7, 11) is 0. The minimum atomic E-state index is -0.242. The van der Waals surface area contributed by atoms with Gasteiger partial charge in [-0.1, -0.05) is 44.5 Å². The van der Waals surface area contributed by atoms with Crippen molar-refractivity contribution < 1.29 is 4.79 Å². The van der Waals surface area contributed by atoms with Crippen LogP contribution < -0.4 is 5.43 Å². The highest BCUT2D eigenvalue weighted by Gasteiger charge is 2.27. The zero-order valence-corrected chi connectivity index (χ0v) is 13.7. The summed E-state index contributed by atoms with van der Waals surface area (Å²) >= 11 is 6.03. The Balaban J connectivity index is 2.11. The first kappa shape index (κ1) is 16.0. The second-order valence-electron chi connectivity index (χ2n) is 6.26. The molecule has 0 aromatic heterocycles. The molecule has 1 saturated carbocycles. The topological polar surface area (TPSA) is 41.5 Å². The van der Waals surface area contributed by atoms with Crippen LogP contribution in [0.2, 0.25) is 5.02 Å². The highest BCUT2D eigenvalue weighted by molar-refractivity contribution is 6.33. The van der Waals surface area contributed by atoms with E-state index in [1.807, 2.05) is 6.07 Å². The van der Waals surface area contributed by atoms with Gasteiger partial charge in [0.2, 0.25) is 0 Å². The van der Waals surface area contributed by atoms with Crippen LogP contribution in [-0.4, -0.2) is 11.6 Å². The van der Waals surface area contributed by atoms with Gasteiger partial charge in [0, 0.05) is 11.6 Å². The predicted molar refractivity (Wildman–Crippen MR) is 87.7 cm³/mol. The molecule has 0 spiro atoms. The third-order valence-electron chi connectivity index (χ3n) is 4.18. The third-order valence-corrected chi connectivity index (χ3v) is 4.51. The number of hydrazone groups is 1. The summed E-state index contributed by atoms with van der Waals surface area (Å²) in [6, 6.07) is 7.03. The van der Waals surface area contributed by atoms with Crippen LogP contribution in [0.5, 0.6) is 0 Å². The lowest BCUT2D eigenvalue weighted by molar-refractivity contribution is 0.0954. The molecule has 3 nitrogen and oxygen atoms in total. The number of rotatable bonds is 3. The van der Waals surface area contributed by atoms with E-state index in [1.165, 1.54) is 6.42 Å². The van der Waals surface area contributed by atoms with Gasteiger partial charge in [-0.25, -0.2) is 5.43 Å². The van der Waals surface area contributed by atoms with Gasteiger partial charge in [-0.05, 0) is 43.2 Å². The molecule has 1 aliphatic rings. The van der Waals surface area contributed by atoms with E-state index in [-0.39, 0.29) is 5.91 Å². The lowest BCUT2D eigenvalue weighted by Gasteiger charge is -2.30. The molecule has 0 saturated heterocycles. The molecule has 4 heteroatoms. The Morgan fingerprint density at radius 2 is 2.05 bits per heavy atom. The number of nitrogens with one attached hydrogen (secondary N) is 1. The first-order chi connectivity index (χ1) is 9.99. The molecule has 2 atom stereocenters. The van der Waals surface area contributed by atoms with E-state index in [0.29, 0.717) is 28.3 Å². The molecular weight excluding hydrogens is 284 g/mol. The van der Waals surface area contributed by atoms with Gasteiger partial charge >= 0.3 is 0 Å². The van der Waals surface area contributed by atoms with Crippen LogP contribution in [0.3, 0.4) is 0 Å². The number of carbonyl (C=O) groups is 1. The van der Waals surface area contributed by atoms with Gasteiger partial charge in [-0.3, -0.25) is 4.79 Å². The summed E-state index contributed by atoms with van der Waals surface area (Å²) in [5.74, 6) is 1.41. The molecule has 1 aromatic rings. The number of amides is 1. The van der Waals surface area contributed by atoms with Gasteiger partial charge in [-0.2, -0.15) is 5.10 Å². The van der Waals surface area contributed by atoms with E-state index in [0.717, 1.165) is 18.6 Å². The molecule has 1 amide bonds. The molecule has 1 fully saturated rings. The summed E-state index contributed by atoms with van der Waals surface area (Å²) in [4.78, 5) is 12.2. The monoisotopic (exact) mass is 306 g/mol. The van der Waals surface area contributed by atoms with Gasteiger partial charge in [0.1, 0.15) is 0 Å². The van der Waals surface area contributed by atoms with E-state index in [4.69, 9.17) is 11.6 Å². The zero-order valence-electron chi connectivity index (χ0n) is 12.9. The number of hydrogen-bond donors (Lipinski definition) is 1. The predicted octanol–water partition coefficient (Wildman–Crippen LogP) is 4.52. The van der Waals surface area contributed by atoms with E-state index in [9.17, 15) is 4.79 Å². The normalized spacial score (nSPS) is 24.3. The van der Waals surface area contributed by atoms with Crippen molar-refractivity contribution in [3.63, 3.8) is 0 Å². The maximum atomic E-state index is 12.2. The number of carbonyl (C=O) groups excluding carboxylic acids is 1. The Labute approximate surface area is 131 Å². The summed E-state index contributed by atoms with van der Waals surface area (Å²) in [6.07, 6.45) is 3.35. The molecule has 0 radical (unpaired) electrons. The fraction of sp³-hybridized carbons (Fsp3) is 0.529. The molecule has 0 aliphatic heterocycles. The first-order valence-electron chi connectivity index (χ1n) is 7.60. The van der Waals surface area contributed by atoms with Crippen molar-refractivity contribution >= 4 is 23.2 Å². The Morgan fingerprint density at radius 3 is 2.71 bits per heavy atom. The van der Waals surface area contributed by atoms with E-state index < -0.39 is 0 Å². The fourth-order valence-corrected chi connectivity index (χ4v) is 3.14. The number of nitrogens with zero attached hydrogens (tertiary/aromatic N) is 1. The van der Waals surface area contributed by atoms with Crippen LogP contribution in [0, 0.1) is 17.8 Å². The van der Waals surface area contributed by atoms with E-state index in [1.54, 1.807) is 18.2 Å². The summed E-state index contributed by atoms with van der Waals surface area (Å²) < 4.78 is 0.